The minimum atomic E-state index is -2.99. The van der Waals surface area contributed by atoms with Gasteiger partial charge in [-0.15, -0.1) is 0 Å². The maximum absolute atomic E-state index is 11.8. The molecule has 0 aromatic heterocycles. The molecule has 1 heterocycles. The highest BCUT2D eigenvalue weighted by Gasteiger charge is 2.29. The highest BCUT2D eigenvalue weighted by atomic mass is 79.9. The highest BCUT2D eigenvalue weighted by Crippen LogP contribution is 2.31. The number of phenolic OH excluding ortho intramolecular Hbond substituents is 1. The number of benzene rings is 1. The van der Waals surface area contributed by atoms with Crippen molar-refractivity contribution < 1.29 is 23.1 Å². The lowest BCUT2D eigenvalue weighted by atomic mass is 10.1. The number of nitrogens with zero attached hydrogens (tertiary/aromatic N) is 1. The number of halogens is 1. The van der Waals surface area contributed by atoms with Gasteiger partial charge in [-0.25, -0.2) is 13.8 Å². The molecular formula is C14H17BrN2O5S. The Kier molecular flexibility index (Phi) is 5.64. The summed E-state index contributed by atoms with van der Waals surface area (Å²) in [7, 11) is -1.54. The van der Waals surface area contributed by atoms with Crippen molar-refractivity contribution >= 4 is 37.9 Å². The second-order valence-corrected chi connectivity index (χ2v) is 8.39. The molecule has 1 aliphatic heterocycles. The molecule has 0 unspecified atom stereocenters. The van der Waals surface area contributed by atoms with Crippen LogP contribution < -0.4 is 10.2 Å². The van der Waals surface area contributed by atoms with Crippen molar-refractivity contribution in [2.24, 2.45) is 11.0 Å². The van der Waals surface area contributed by atoms with E-state index in [0.717, 1.165) is 0 Å². The Morgan fingerprint density at radius 1 is 1.57 bits per heavy atom. The Balaban J connectivity index is 1.91. The fourth-order valence-electron chi connectivity index (χ4n) is 2.34. The van der Waals surface area contributed by atoms with Crippen LogP contribution in [-0.4, -0.2) is 44.3 Å². The van der Waals surface area contributed by atoms with Crippen LogP contribution in [0.25, 0.3) is 0 Å². The van der Waals surface area contributed by atoms with E-state index < -0.39 is 9.84 Å². The lowest BCUT2D eigenvalue weighted by molar-refractivity contribution is -0.121. The number of phenols is 1. The number of rotatable bonds is 5. The summed E-state index contributed by atoms with van der Waals surface area (Å²) in [6.45, 7) is 0. The Morgan fingerprint density at radius 3 is 2.91 bits per heavy atom. The van der Waals surface area contributed by atoms with Gasteiger partial charge in [0, 0.05) is 16.5 Å². The van der Waals surface area contributed by atoms with Crippen LogP contribution in [0, 0.1) is 5.92 Å². The largest absolute Gasteiger partial charge is 0.504 e. The molecule has 0 saturated carbocycles. The maximum atomic E-state index is 11.8. The van der Waals surface area contributed by atoms with Crippen molar-refractivity contribution in [2.75, 3.05) is 18.6 Å². The van der Waals surface area contributed by atoms with Gasteiger partial charge in [-0.05, 0) is 40.4 Å². The quantitative estimate of drug-likeness (QED) is 0.570. The third-order valence-electron chi connectivity index (χ3n) is 3.49. The van der Waals surface area contributed by atoms with Crippen LogP contribution in [0.1, 0.15) is 18.4 Å². The molecule has 126 valence electrons. The second kappa shape index (κ2) is 7.31. The van der Waals surface area contributed by atoms with Gasteiger partial charge < -0.3 is 9.84 Å². The lowest BCUT2D eigenvalue weighted by Crippen LogP contribution is -2.21. The SMILES string of the molecule is COc1cc(Br)c(/C=N\NC(=O)C[C@@H]2CCS(=O)(=O)C2)cc1O. The number of methoxy groups -OCH3 is 1. The topological polar surface area (TPSA) is 105 Å². The van der Waals surface area contributed by atoms with Gasteiger partial charge in [0.25, 0.3) is 0 Å². The summed E-state index contributed by atoms with van der Waals surface area (Å²) in [6, 6.07) is 3.03. The molecule has 0 spiro atoms. The summed E-state index contributed by atoms with van der Waals surface area (Å²) in [5.41, 5.74) is 2.92. The van der Waals surface area contributed by atoms with E-state index in [2.05, 4.69) is 26.5 Å². The van der Waals surface area contributed by atoms with E-state index in [1.165, 1.54) is 19.4 Å². The molecule has 1 atom stereocenters. The molecule has 23 heavy (non-hydrogen) atoms. The zero-order valence-electron chi connectivity index (χ0n) is 12.5. The first kappa shape index (κ1) is 17.7. The maximum Gasteiger partial charge on any atom is 0.240 e. The number of carbonyl (C=O) groups excluding carboxylic acids is 1. The molecule has 1 aromatic carbocycles. The summed E-state index contributed by atoms with van der Waals surface area (Å²) < 4.78 is 28.3. The Morgan fingerprint density at radius 2 is 2.30 bits per heavy atom. The Bertz CT molecular complexity index is 733. The Hall–Kier alpha value is -1.61. The molecule has 1 saturated heterocycles. The van der Waals surface area contributed by atoms with Crippen LogP contribution >= 0.6 is 15.9 Å². The van der Waals surface area contributed by atoms with E-state index in [9.17, 15) is 18.3 Å². The van der Waals surface area contributed by atoms with Gasteiger partial charge in [-0.3, -0.25) is 4.79 Å². The molecule has 2 rings (SSSR count). The number of aromatic hydroxyl groups is 1. The number of carbonyl (C=O) groups is 1. The fraction of sp³-hybridized carbons (Fsp3) is 0.429. The highest BCUT2D eigenvalue weighted by molar-refractivity contribution is 9.10. The minimum absolute atomic E-state index is 0.0420. The summed E-state index contributed by atoms with van der Waals surface area (Å²) in [4.78, 5) is 11.8. The summed E-state index contributed by atoms with van der Waals surface area (Å²) in [5, 5.41) is 13.5. The molecule has 1 aromatic rings. The molecule has 0 aliphatic carbocycles. The number of hydrazone groups is 1. The first-order valence-electron chi connectivity index (χ1n) is 6.89. The van der Waals surface area contributed by atoms with Gasteiger partial charge >= 0.3 is 0 Å². The van der Waals surface area contributed by atoms with Crippen LogP contribution in [0.2, 0.25) is 0 Å². The molecule has 1 fully saturated rings. The van der Waals surface area contributed by atoms with E-state index in [0.29, 0.717) is 22.2 Å². The zero-order chi connectivity index (χ0) is 17.0. The molecule has 1 amide bonds. The third kappa shape index (κ3) is 4.93. The van der Waals surface area contributed by atoms with Crippen LogP contribution in [0.15, 0.2) is 21.7 Å². The summed E-state index contributed by atoms with van der Waals surface area (Å²) in [6.07, 6.45) is 2.02. The van der Waals surface area contributed by atoms with Crippen molar-refractivity contribution in [3.63, 3.8) is 0 Å². The van der Waals surface area contributed by atoms with Gasteiger partial charge in [0.1, 0.15) is 0 Å². The normalized spacial score (nSPS) is 19.8. The monoisotopic (exact) mass is 404 g/mol. The number of hydrogen-bond acceptors (Lipinski definition) is 6. The first-order valence-corrected chi connectivity index (χ1v) is 9.51. The smallest absolute Gasteiger partial charge is 0.240 e. The molecular weight excluding hydrogens is 388 g/mol. The van der Waals surface area contributed by atoms with Crippen LogP contribution in [-0.2, 0) is 14.6 Å². The van der Waals surface area contributed by atoms with Gasteiger partial charge in [0.15, 0.2) is 21.3 Å². The molecule has 2 N–H and O–H groups in total. The van der Waals surface area contributed by atoms with Crippen LogP contribution in [0.4, 0.5) is 0 Å². The van der Waals surface area contributed by atoms with Crippen LogP contribution in [0.3, 0.4) is 0 Å². The number of ether oxygens (including phenoxy) is 1. The number of sulfone groups is 1. The van der Waals surface area contributed by atoms with Gasteiger partial charge in [0.2, 0.25) is 5.91 Å². The van der Waals surface area contributed by atoms with Gasteiger partial charge in [-0.1, -0.05) is 0 Å². The van der Waals surface area contributed by atoms with Crippen molar-refractivity contribution in [3.8, 4) is 11.5 Å². The third-order valence-corrected chi connectivity index (χ3v) is 6.02. The van der Waals surface area contributed by atoms with Crippen molar-refractivity contribution in [2.45, 2.75) is 12.8 Å². The average molecular weight is 405 g/mol. The molecule has 1 aliphatic rings. The zero-order valence-corrected chi connectivity index (χ0v) is 14.9. The lowest BCUT2D eigenvalue weighted by Gasteiger charge is -2.07. The van der Waals surface area contributed by atoms with Gasteiger partial charge in [-0.2, -0.15) is 5.10 Å². The standard InChI is InChI=1S/C14H17BrN2O5S/c1-22-13-6-11(15)10(5-12(13)18)7-16-17-14(19)4-9-2-3-23(20,21)8-9/h5-7,9,18H,2-4,8H2,1H3,(H,17,19)/b16-7-/t9-/m0/s1. The molecule has 0 bridgehead atoms. The molecule has 9 heteroatoms. The van der Waals surface area contributed by atoms with Crippen molar-refractivity contribution in [1.82, 2.24) is 5.43 Å². The number of amides is 1. The summed E-state index contributed by atoms with van der Waals surface area (Å²) in [5.74, 6) is -0.00164. The van der Waals surface area contributed by atoms with E-state index in [-0.39, 0.29) is 35.5 Å². The van der Waals surface area contributed by atoms with Gasteiger partial charge in [0.05, 0.1) is 24.8 Å². The number of nitrogens with one attached hydrogen (secondary N) is 1. The summed E-state index contributed by atoms with van der Waals surface area (Å²) >= 11 is 3.31. The first-order chi connectivity index (χ1) is 10.8. The molecule has 0 radical (unpaired) electrons. The van der Waals surface area contributed by atoms with Crippen LogP contribution in [0.5, 0.6) is 11.5 Å². The Labute approximate surface area is 142 Å². The predicted octanol–water partition coefficient (Wildman–Crippen LogP) is 1.44. The van der Waals surface area contributed by atoms with E-state index in [1.807, 2.05) is 0 Å². The van der Waals surface area contributed by atoms with Crippen molar-refractivity contribution in [1.29, 1.82) is 0 Å². The van der Waals surface area contributed by atoms with E-state index in [1.54, 1.807) is 6.07 Å². The predicted molar refractivity (Wildman–Crippen MR) is 89.5 cm³/mol. The van der Waals surface area contributed by atoms with E-state index >= 15 is 0 Å². The number of hydrogen-bond donors (Lipinski definition) is 2. The second-order valence-electron chi connectivity index (χ2n) is 5.31. The minimum Gasteiger partial charge on any atom is -0.504 e. The van der Waals surface area contributed by atoms with Crippen molar-refractivity contribution in [3.05, 3.63) is 22.2 Å². The molecule has 7 nitrogen and oxygen atoms in total. The fourth-order valence-corrected chi connectivity index (χ4v) is 4.62. The van der Waals surface area contributed by atoms with E-state index in [4.69, 9.17) is 4.74 Å². The average Bonchev–Trinajstić information content (AvgIpc) is 2.81.